The van der Waals surface area contributed by atoms with E-state index in [1.54, 1.807) is 38.5 Å². The molecule has 2 aromatic rings. The highest BCUT2D eigenvalue weighted by Crippen LogP contribution is 2.39. The fourth-order valence-corrected chi connectivity index (χ4v) is 3.85. The van der Waals surface area contributed by atoms with Crippen LogP contribution in [-0.2, 0) is 20.8 Å². The number of amides is 2. The third-order valence-electron chi connectivity index (χ3n) is 5.35. The number of carbonyl (C=O) groups excluding carboxylic acids is 2. The van der Waals surface area contributed by atoms with E-state index in [9.17, 15) is 9.59 Å². The first-order valence-corrected chi connectivity index (χ1v) is 10.9. The lowest BCUT2D eigenvalue weighted by Crippen LogP contribution is -2.48. The second kappa shape index (κ2) is 12.1. The first-order chi connectivity index (χ1) is 16.5. The third kappa shape index (κ3) is 5.89. The Bertz CT molecular complexity index is 1000. The number of ether oxygens (including phenoxy) is 4. The van der Waals surface area contributed by atoms with E-state index in [2.05, 4.69) is 10.6 Å². The molecule has 0 radical (unpaired) electrons. The number of hydrogen-bond acceptors (Lipinski definition) is 8. The predicted molar refractivity (Wildman–Crippen MR) is 123 cm³/mol. The van der Waals surface area contributed by atoms with E-state index in [0.29, 0.717) is 42.5 Å². The minimum absolute atomic E-state index is 0.186. The molecule has 2 N–H and O–H groups in total. The fourth-order valence-electron chi connectivity index (χ4n) is 3.85. The predicted octanol–water partition coefficient (Wildman–Crippen LogP) is 2.62. The number of hydrogen-bond donors (Lipinski definition) is 2. The molecule has 1 aromatic carbocycles. The van der Waals surface area contributed by atoms with Gasteiger partial charge in [-0.05, 0) is 25.1 Å². The van der Waals surface area contributed by atoms with Gasteiger partial charge in [0.05, 0.1) is 51.9 Å². The summed E-state index contributed by atoms with van der Waals surface area (Å²) in [5.41, 5.74) is 1.29. The second-order valence-corrected chi connectivity index (χ2v) is 7.51. The highest BCUT2D eigenvalue weighted by molar-refractivity contribution is 5.95. The number of rotatable bonds is 12. The van der Waals surface area contributed by atoms with Gasteiger partial charge in [-0.25, -0.2) is 9.59 Å². The van der Waals surface area contributed by atoms with Crippen molar-refractivity contribution in [1.29, 1.82) is 0 Å². The summed E-state index contributed by atoms with van der Waals surface area (Å²) >= 11 is 0. The average Bonchev–Trinajstić information content (AvgIpc) is 3.34. The third-order valence-corrected chi connectivity index (χ3v) is 5.35. The molecule has 0 bridgehead atoms. The SMILES string of the molecule is CCOC(=O)C1=C(CN(CCOC)Cc2ccco2)NC(=O)N[C@@H]1c1cccc(OC)c1OC. The van der Waals surface area contributed by atoms with Crippen LogP contribution in [0.4, 0.5) is 4.79 Å². The van der Waals surface area contributed by atoms with Crippen molar-refractivity contribution in [3.8, 4) is 11.5 Å². The zero-order chi connectivity index (χ0) is 24.5. The number of esters is 1. The molecule has 1 aromatic heterocycles. The maximum atomic E-state index is 13.2. The molecule has 1 aliphatic rings. The van der Waals surface area contributed by atoms with Gasteiger partial charge in [-0.1, -0.05) is 12.1 Å². The van der Waals surface area contributed by atoms with E-state index in [1.807, 2.05) is 17.0 Å². The van der Waals surface area contributed by atoms with Gasteiger partial charge in [0.15, 0.2) is 11.5 Å². The number of benzene rings is 1. The maximum Gasteiger partial charge on any atom is 0.338 e. The summed E-state index contributed by atoms with van der Waals surface area (Å²) in [5.74, 6) is 1.12. The molecule has 0 saturated carbocycles. The number of nitrogens with one attached hydrogen (secondary N) is 2. The van der Waals surface area contributed by atoms with Crippen LogP contribution in [-0.4, -0.2) is 64.5 Å². The van der Waals surface area contributed by atoms with Crippen molar-refractivity contribution in [3.05, 3.63) is 59.2 Å². The minimum Gasteiger partial charge on any atom is -0.493 e. The normalized spacial score (nSPS) is 15.7. The number of furan rings is 1. The van der Waals surface area contributed by atoms with Crippen LogP contribution >= 0.6 is 0 Å². The molecule has 0 spiro atoms. The topological polar surface area (TPSA) is 112 Å². The van der Waals surface area contributed by atoms with Gasteiger partial charge in [-0.15, -0.1) is 0 Å². The molecule has 0 unspecified atom stereocenters. The van der Waals surface area contributed by atoms with E-state index in [4.69, 9.17) is 23.4 Å². The molecule has 10 nitrogen and oxygen atoms in total. The molecule has 2 heterocycles. The van der Waals surface area contributed by atoms with Crippen molar-refractivity contribution in [2.75, 3.05) is 47.6 Å². The smallest absolute Gasteiger partial charge is 0.338 e. The fraction of sp³-hybridized carbons (Fsp3) is 0.417. The van der Waals surface area contributed by atoms with E-state index in [-0.39, 0.29) is 18.7 Å². The average molecular weight is 474 g/mol. The van der Waals surface area contributed by atoms with Crippen LogP contribution in [0, 0.1) is 0 Å². The van der Waals surface area contributed by atoms with Crippen molar-refractivity contribution in [2.24, 2.45) is 0 Å². The van der Waals surface area contributed by atoms with Crippen molar-refractivity contribution < 1.29 is 33.0 Å². The Morgan fingerprint density at radius 2 is 1.94 bits per heavy atom. The molecule has 1 aliphatic heterocycles. The number of carbonyl (C=O) groups is 2. The van der Waals surface area contributed by atoms with Crippen LogP contribution in [0.1, 0.15) is 24.3 Å². The number of methoxy groups -OCH3 is 3. The molecule has 0 fully saturated rings. The summed E-state index contributed by atoms with van der Waals surface area (Å²) in [6.45, 7) is 3.65. The van der Waals surface area contributed by atoms with E-state index < -0.39 is 18.0 Å². The Hall–Kier alpha value is -3.50. The zero-order valence-corrected chi connectivity index (χ0v) is 19.9. The molecule has 34 heavy (non-hydrogen) atoms. The van der Waals surface area contributed by atoms with Gasteiger partial charge in [0, 0.05) is 31.5 Å². The highest BCUT2D eigenvalue weighted by Gasteiger charge is 2.36. The number of urea groups is 1. The van der Waals surface area contributed by atoms with Gasteiger partial charge in [-0.3, -0.25) is 4.90 Å². The van der Waals surface area contributed by atoms with E-state index >= 15 is 0 Å². The lowest BCUT2D eigenvalue weighted by atomic mass is 9.93. The van der Waals surface area contributed by atoms with Gasteiger partial charge in [-0.2, -0.15) is 0 Å². The Morgan fingerprint density at radius 1 is 1.12 bits per heavy atom. The summed E-state index contributed by atoms with van der Waals surface area (Å²) in [4.78, 5) is 27.9. The van der Waals surface area contributed by atoms with Crippen LogP contribution in [0.3, 0.4) is 0 Å². The molecule has 1 atom stereocenters. The van der Waals surface area contributed by atoms with Crippen molar-refractivity contribution >= 4 is 12.0 Å². The lowest BCUT2D eigenvalue weighted by molar-refractivity contribution is -0.139. The van der Waals surface area contributed by atoms with Crippen molar-refractivity contribution in [1.82, 2.24) is 15.5 Å². The first-order valence-electron chi connectivity index (χ1n) is 10.9. The molecule has 3 rings (SSSR count). The van der Waals surface area contributed by atoms with Crippen molar-refractivity contribution in [2.45, 2.75) is 19.5 Å². The Morgan fingerprint density at radius 3 is 2.59 bits per heavy atom. The van der Waals surface area contributed by atoms with Crippen LogP contribution in [0.2, 0.25) is 0 Å². The first kappa shape index (κ1) is 25.1. The second-order valence-electron chi connectivity index (χ2n) is 7.51. The van der Waals surface area contributed by atoms with Crippen LogP contribution < -0.4 is 20.1 Å². The summed E-state index contributed by atoms with van der Waals surface area (Å²) in [6, 6.07) is 7.73. The lowest BCUT2D eigenvalue weighted by Gasteiger charge is -2.32. The van der Waals surface area contributed by atoms with Gasteiger partial charge >= 0.3 is 12.0 Å². The number of nitrogens with zero attached hydrogens (tertiary/aromatic N) is 1. The van der Waals surface area contributed by atoms with E-state index in [1.165, 1.54) is 14.2 Å². The van der Waals surface area contributed by atoms with Crippen molar-refractivity contribution in [3.63, 3.8) is 0 Å². The number of para-hydroxylation sites is 1. The molecule has 10 heteroatoms. The molecule has 0 aliphatic carbocycles. The zero-order valence-electron chi connectivity index (χ0n) is 19.9. The molecular weight excluding hydrogens is 442 g/mol. The molecule has 2 amide bonds. The molecular formula is C24H31N3O7. The summed E-state index contributed by atoms with van der Waals surface area (Å²) in [6.07, 6.45) is 1.60. The summed E-state index contributed by atoms with van der Waals surface area (Å²) < 4.78 is 27.1. The molecule has 184 valence electrons. The Kier molecular flexibility index (Phi) is 8.94. The standard InChI is InChI=1S/C24H31N3O7/c1-5-33-23(28)20-18(15-27(11-13-30-2)14-16-8-7-12-34-16)25-24(29)26-21(20)17-9-6-10-19(31-3)22(17)32-4/h6-10,12,21H,5,11,13-15H2,1-4H3,(H2,25,26,29)/t21-/m1/s1. The van der Waals surface area contributed by atoms with Gasteiger partial charge in [0.1, 0.15) is 5.76 Å². The monoisotopic (exact) mass is 473 g/mol. The summed E-state index contributed by atoms with van der Waals surface area (Å²) in [5, 5.41) is 5.64. The van der Waals surface area contributed by atoms with Crippen LogP contribution in [0.25, 0.3) is 0 Å². The summed E-state index contributed by atoms with van der Waals surface area (Å²) in [7, 11) is 4.65. The van der Waals surface area contributed by atoms with Gasteiger partial charge < -0.3 is 34.0 Å². The molecule has 0 saturated heterocycles. The van der Waals surface area contributed by atoms with Crippen LogP contribution in [0.5, 0.6) is 11.5 Å². The quantitative estimate of drug-likeness (QED) is 0.453. The maximum absolute atomic E-state index is 13.2. The van der Waals surface area contributed by atoms with E-state index in [0.717, 1.165) is 5.76 Å². The minimum atomic E-state index is -0.805. The Balaban J connectivity index is 2.06. The largest absolute Gasteiger partial charge is 0.493 e. The van der Waals surface area contributed by atoms with Gasteiger partial charge in [0.25, 0.3) is 0 Å². The highest BCUT2D eigenvalue weighted by atomic mass is 16.5. The van der Waals surface area contributed by atoms with Crippen LogP contribution in [0.15, 0.2) is 52.3 Å². The Labute approximate surface area is 198 Å². The van der Waals surface area contributed by atoms with Gasteiger partial charge in [0.2, 0.25) is 0 Å².